The molecule has 0 radical (unpaired) electrons. The fourth-order valence-corrected chi connectivity index (χ4v) is 6.24. The molecule has 7 nitrogen and oxygen atoms in total. The zero-order valence-corrected chi connectivity index (χ0v) is 25.8. The number of hydrogen-bond donors (Lipinski definition) is 0. The Morgan fingerprint density at radius 3 is 2.18 bits per heavy atom. The van der Waals surface area contributed by atoms with Gasteiger partial charge >= 0.3 is 11.9 Å². The molecule has 0 aromatic carbocycles. The van der Waals surface area contributed by atoms with Gasteiger partial charge in [0.1, 0.15) is 0 Å². The molecule has 222 valence electrons. The number of carbonyl (C=O) groups is 3. The standard InChI is InChI=1S/C31H52N2O5S/c1-5-6-7-8-9-10-11-12-15-22-37-29(35)18-14-13-17-28(34)33-21-19-26-27(24-33)39-25(2)30(26)31(36)38-23-16-20-32(3)4/h5-24H2,1-4H3. The van der Waals surface area contributed by atoms with Gasteiger partial charge in [0.05, 0.1) is 25.3 Å². The van der Waals surface area contributed by atoms with E-state index in [0.717, 1.165) is 41.1 Å². The van der Waals surface area contributed by atoms with Gasteiger partial charge in [-0.3, -0.25) is 9.59 Å². The number of esters is 2. The van der Waals surface area contributed by atoms with Crippen molar-refractivity contribution in [2.24, 2.45) is 0 Å². The number of fused-ring (bicyclic) bond motifs is 1. The Bertz CT molecular complexity index is 883. The number of amides is 1. The van der Waals surface area contributed by atoms with Gasteiger partial charge < -0.3 is 19.3 Å². The number of aryl methyl sites for hydroxylation is 1. The van der Waals surface area contributed by atoms with E-state index in [1.54, 1.807) is 11.3 Å². The van der Waals surface area contributed by atoms with E-state index in [1.165, 1.54) is 44.9 Å². The van der Waals surface area contributed by atoms with Gasteiger partial charge in [0.25, 0.3) is 0 Å². The lowest BCUT2D eigenvalue weighted by Gasteiger charge is -2.27. The van der Waals surface area contributed by atoms with Crippen LogP contribution in [0, 0.1) is 6.92 Å². The van der Waals surface area contributed by atoms with Crippen LogP contribution in [0.3, 0.4) is 0 Å². The molecule has 0 unspecified atom stereocenters. The predicted molar refractivity (Wildman–Crippen MR) is 158 cm³/mol. The summed E-state index contributed by atoms with van der Waals surface area (Å²) in [5.41, 5.74) is 1.75. The number of ether oxygens (including phenoxy) is 2. The van der Waals surface area contributed by atoms with E-state index in [0.29, 0.717) is 64.0 Å². The first-order chi connectivity index (χ1) is 18.8. The Morgan fingerprint density at radius 1 is 0.846 bits per heavy atom. The van der Waals surface area contributed by atoms with Crippen molar-refractivity contribution in [3.8, 4) is 0 Å². The lowest BCUT2D eigenvalue weighted by Crippen LogP contribution is -2.35. The molecule has 0 atom stereocenters. The van der Waals surface area contributed by atoms with E-state index in [2.05, 4.69) is 11.8 Å². The molecule has 0 bridgehead atoms. The fraction of sp³-hybridized carbons (Fsp3) is 0.774. The lowest BCUT2D eigenvalue weighted by atomic mass is 10.0. The maximum atomic E-state index is 12.8. The molecule has 0 fully saturated rings. The first-order valence-electron chi connectivity index (χ1n) is 15.2. The first kappa shape index (κ1) is 33.3. The monoisotopic (exact) mass is 564 g/mol. The van der Waals surface area contributed by atoms with Crippen molar-refractivity contribution < 1.29 is 23.9 Å². The molecule has 8 heteroatoms. The molecule has 2 rings (SSSR count). The number of thiophene rings is 1. The Balaban J connectivity index is 1.58. The van der Waals surface area contributed by atoms with Crippen molar-refractivity contribution in [2.75, 3.05) is 40.4 Å². The van der Waals surface area contributed by atoms with Crippen molar-refractivity contribution in [1.29, 1.82) is 0 Å². The number of unbranched alkanes of at least 4 members (excludes halogenated alkanes) is 9. The molecule has 1 aliphatic rings. The summed E-state index contributed by atoms with van der Waals surface area (Å²) in [4.78, 5) is 43.5. The van der Waals surface area contributed by atoms with Gasteiger partial charge in [0.15, 0.2) is 0 Å². The summed E-state index contributed by atoms with van der Waals surface area (Å²) >= 11 is 1.60. The van der Waals surface area contributed by atoms with Crippen LogP contribution in [0.2, 0.25) is 0 Å². The number of hydrogen-bond acceptors (Lipinski definition) is 7. The Kier molecular flexibility index (Phi) is 16.4. The van der Waals surface area contributed by atoms with Crippen LogP contribution in [0.1, 0.15) is 122 Å². The third kappa shape index (κ3) is 12.9. The number of carbonyl (C=O) groups excluding carboxylic acids is 3. The molecule has 0 saturated heterocycles. The Morgan fingerprint density at radius 2 is 1.49 bits per heavy atom. The highest BCUT2D eigenvalue weighted by Gasteiger charge is 2.28. The van der Waals surface area contributed by atoms with E-state index in [4.69, 9.17) is 9.47 Å². The third-order valence-corrected chi connectivity index (χ3v) is 8.44. The number of rotatable bonds is 20. The molecule has 39 heavy (non-hydrogen) atoms. The van der Waals surface area contributed by atoms with Crippen molar-refractivity contribution in [3.63, 3.8) is 0 Å². The summed E-state index contributed by atoms with van der Waals surface area (Å²) in [6, 6.07) is 0. The second-order valence-electron chi connectivity index (χ2n) is 11.0. The van der Waals surface area contributed by atoms with Crippen LogP contribution in [0.5, 0.6) is 0 Å². The van der Waals surface area contributed by atoms with E-state index < -0.39 is 0 Å². The van der Waals surface area contributed by atoms with Crippen LogP contribution in [0.25, 0.3) is 0 Å². The SMILES string of the molecule is CCCCCCCCCCCOC(=O)CCCCC(=O)N1CCc2c(sc(C)c2C(=O)OCCCN(C)C)C1. The van der Waals surface area contributed by atoms with Gasteiger partial charge in [0, 0.05) is 35.7 Å². The van der Waals surface area contributed by atoms with Crippen molar-refractivity contribution in [3.05, 3.63) is 20.9 Å². The summed E-state index contributed by atoms with van der Waals surface area (Å²) < 4.78 is 10.9. The maximum Gasteiger partial charge on any atom is 0.339 e. The topological polar surface area (TPSA) is 76.2 Å². The third-order valence-electron chi connectivity index (χ3n) is 7.31. The zero-order valence-electron chi connectivity index (χ0n) is 25.0. The molecule has 0 N–H and O–H groups in total. The van der Waals surface area contributed by atoms with Crippen LogP contribution >= 0.6 is 11.3 Å². The molecule has 1 aliphatic heterocycles. The molecule has 2 heterocycles. The highest BCUT2D eigenvalue weighted by Crippen LogP contribution is 2.33. The van der Waals surface area contributed by atoms with Gasteiger partial charge in [-0.25, -0.2) is 4.79 Å². The van der Waals surface area contributed by atoms with Crippen molar-refractivity contribution in [2.45, 2.75) is 117 Å². The molecule has 0 spiro atoms. The van der Waals surface area contributed by atoms with Crippen LogP contribution in [-0.2, 0) is 32.0 Å². The molecular weight excluding hydrogens is 512 g/mol. The summed E-state index contributed by atoms with van der Waals surface area (Å²) in [6.45, 7) is 7.17. The molecule has 0 saturated carbocycles. The maximum absolute atomic E-state index is 12.8. The summed E-state index contributed by atoms with van der Waals surface area (Å²) in [6.07, 6.45) is 14.8. The van der Waals surface area contributed by atoms with Crippen molar-refractivity contribution in [1.82, 2.24) is 9.80 Å². The quantitative estimate of drug-likeness (QED) is 0.130. The fourth-order valence-electron chi connectivity index (χ4n) is 5.01. The normalized spacial score (nSPS) is 13.0. The predicted octanol–water partition coefficient (Wildman–Crippen LogP) is 6.68. The first-order valence-corrected chi connectivity index (χ1v) is 16.0. The van der Waals surface area contributed by atoms with E-state index >= 15 is 0 Å². The molecule has 1 aromatic rings. The van der Waals surface area contributed by atoms with E-state index in [-0.39, 0.29) is 17.8 Å². The second-order valence-corrected chi connectivity index (χ2v) is 12.4. The minimum absolute atomic E-state index is 0.113. The molecule has 1 aromatic heterocycles. The number of nitrogens with zero attached hydrogens (tertiary/aromatic N) is 2. The smallest absolute Gasteiger partial charge is 0.339 e. The highest BCUT2D eigenvalue weighted by atomic mass is 32.1. The van der Waals surface area contributed by atoms with Crippen LogP contribution < -0.4 is 0 Å². The second kappa shape index (κ2) is 19.2. The van der Waals surface area contributed by atoms with Crippen LogP contribution in [0.4, 0.5) is 0 Å². The van der Waals surface area contributed by atoms with Crippen molar-refractivity contribution >= 4 is 29.2 Å². The average Bonchev–Trinajstić information content (AvgIpc) is 3.24. The van der Waals surface area contributed by atoms with Gasteiger partial charge in [-0.2, -0.15) is 0 Å². The van der Waals surface area contributed by atoms with Gasteiger partial charge in [-0.1, -0.05) is 58.3 Å². The van der Waals surface area contributed by atoms with Crippen LogP contribution in [0.15, 0.2) is 0 Å². The van der Waals surface area contributed by atoms with Gasteiger partial charge in [-0.15, -0.1) is 11.3 Å². The molecule has 1 amide bonds. The Hall–Kier alpha value is -1.93. The minimum Gasteiger partial charge on any atom is -0.466 e. The van der Waals surface area contributed by atoms with Gasteiger partial charge in [0.2, 0.25) is 5.91 Å². The van der Waals surface area contributed by atoms with E-state index in [1.807, 2.05) is 25.9 Å². The minimum atomic E-state index is -0.242. The highest BCUT2D eigenvalue weighted by molar-refractivity contribution is 7.12. The largest absolute Gasteiger partial charge is 0.466 e. The summed E-state index contributed by atoms with van der Waals surface area (Å²) in [5.74, 6) is -0.282. The van der Waals surface area contributed by atoms with Crippen LogP contribution in [-0.4, -0.2) is 68.0 Å². The summed E-state index contributed by atoms with van der Waals surface area (Å²) in [5, 5.41) is 0. The average molecular weight is 565 g/mol. The lowest BCUT2D eigenvalue weighted by molar-refractivity contribution is -0.144. The summed E-state index contributed by atoms with van der Waals surface area (Å²) in [7, 11) is 4.00. The Labute approximate surface area is 240 Å². The molecular formula is C31H52N2O5S. The van der Waals surface area contributed by atoms with E-state index in [9.17, 15) is 14.4 Å². The molecule has 0 aliphatic carbocycles. The van der Waals surface area contributed by atoms with Gasteiger partial charge in [-0.05, 0) is 58.7 Å². The zero-order chi connectivity index (χ0) is 28.5.